The minimum absolute atomic E-state index is 0.102. The fourth-order valence-corrected chi connectivity index (χ4v) is 3.83. The van der Waals surface area contributed by atoms with E-state index in [4.69, 9.17) is 21.6 Å². The summed E-state index contributed by atoms with van der Waals surface area (Å²) < 4.78 is 4.86. The quantitative estimate of drug-likeness (QED) is 0.721. The van der Waals surface area contributed by atoms with E-state index in [1.807, 2.05) is 6.07 Å². The zero-order valence-corrected chi connectivity index (χ0v) is 16.7. The summed E-state index contributed by atoms with van der Waals surface area (Å²) >= 11 is 5.96. The predicted octanol–water partition coefficient (Wildman–Crippen LogP) is 3.43. The minimum atomic E-state index is -1.24. The van der Waals surface area contributed by atoms with E-state index in [0.29, 0.717) is 21.8 Å². The summed E-state index contributed by atoms with van der Waals surface area (Å²) in [5, 5.41) is 21.8. The SMILES string of the molecule is COC(=O)C1CC(C(=O)O)N(C(=O)Nc2cccc(Cl)c2)C1c1ccc(C#N)cc1. The lowest BCUT2D eigenvalue weighted by Gasteiger charge is -2.30. The first-order valence-corrected chi connectivity index (χ1v) is 9.39. The van der Waals surface area contributed by atoms with Crippen molar-refractivity contribution in [1.82, 2.24) is 4.90 Å². The van der Waals surface area contributed by atoms with E-state index >= 15 is 0 Å². The first-order chi connectivity index (χ1) is 14.3. The number of ether oxygens (including phenoxy) is 1. The van der Waals surface area contributed by atoms with Gasteiger partial charge in [0, 0.05) is 10.7 Å². The van der Waals surface area contributed by atoms with Gasteiger partial charge < -0.3 is 20.1 Å². The molecule has 8 nitrogen and oxygen atoms in total. The maximum absolute atomic E-state index is 13.1. The topological polar surface area (TPSA) is 120 Å². The summed E-state index contributed by atoms with van der Waals surface area (Å²) in [5.41, 5.74) is 1.31. The van der Waals surface area contributed by atoms with Crippen molar-refractivity contribution in [1.29, 1.82) is 5.26 Å². The Balaban J connectivity index is 2.03. The van der Waals surface area contributed by atoms with Gasteiger partial charge in [-0.05, 0) is 42.3 Å². The third kappa shape index (κ3) is 4.21. The molecule has 1 fully saturated rings. The second kappa shape index (κ2) is 8.84. The standard InChI is InChI=1S/C21H18ClN3O5/c1-30-20(28)16-10-17(19(26)27)25(18(16)13-7-5-12(11-23)6-8-13)21(29)24-15-4-2-3-14(22)9-15/h2-9,16-18H,10H2,1H3,(H,24,29)(H,26,27). The number of urea groups is 1. The lowest BCUT2D eigenvalue weighted by Crippen LogP contribution is -2.44. The number of hydrogen-bond donors (Lipinski definition) is 2. The van der Waals surface area contributed by atoms with Gasteiger partial charge in [-0.25, -0.2) is 9.59 Å². The normalized spacial score (nSPS) is 20.3. The fraction of sp³-hybridized carbons (Fsp3) is 0.238. The van der Waals surface area contributed by atoms with Crippen LogP contribution in [0.5, 0.6) is 0 Å². The second-order valence-electron chi connectivity index (χ2n) is 6.75. The van der Waals surface area contributed by atoms with Crippen LogP contribution in [-0.4, -0.2) is 41.1 Å². The van der Waals surface area contributed by atoms with Crippen molar-refractivity contribution in [3.8, 4) is 6.07 Å². The van der Waals surface area contributed by atoms with Gasteiger partial charge in [0.1, 0.15) is 6.04 Å². The number of carbonyl (C=O) groups excluding carboxylic acids is 2. The molecule has 3 rings (SSSR count). The molecule has 1 heterocycles. The Morgan fingerprint density at radius 2 is 1.93 bits per heavy atom. The van der Waals surface area contributed by atoms with Crippen LogP contribution >= 0.6 is 11.6 Å². The number of carbonyl (C=O) groups is 3. The number of nitrogens with one attached hydrogen (secondary N) is 1. The lowest BCUT2D eigenvalue weighted by atomic mass is 9.92. The number of rotatable bonds is 4. The van der Waals surface area contributed by atoms with Gasteiger partial charge in [0.25, 0.3) is 0 Å². The Morgan fingerprint density at radius 1 is 1.23 bits per heavy atom. The van der Waals surface area contributed by atoms with Crippen molar-refractivity contribution in [2.75, 3.05) is 12.4 Å². The van der Waals surface area contributed by atoms with E-state index < -0.39 is 36.0 Å². The van der Waals surface area contributed by atoms with Gasteiger partial charge in [-0.3, -0.25) is 4.79 Å². The number of carboxylic acid groups (broad SMARTS) is 1. The monoisotopic (exact) mass is 427 g/mol. The number of amides is 2. The van der Waals surface area contributed by atoms with Crippen LogP contribution in [0.15, 0.2) is 48.5 Å². The number of esters is 1. The first kappa shape index (κ1) is 21.1. The first-order valence-electron chi connectivity index (χ1n) is 9.01. The number of halogens is 1. The molecule has 1 aliphatic rings. The average Bonchev–Trinajstić information content (AvgIpc) is 3.14. The summed E-state index contributed by atoms with van der Waals surface area (Å²) in [7, 11) is 1.21. The summed E-state index contributed by atoms with van der Waals surface area (Å²) in [6, 6.07) is 11.9. The molecular weight excluding hydrogens is 410 g/mol. The summed E-state index contributed by atoms with van der Waals surface area (Å²) in [6.07, 6.45) is -0.102. The van der Waals surface area contributed by atoms with E-state index in [9.17, 15) is 19.5 Å². The molecule has 2 aromatic carbocycles. The van der Waals surface area contributed by atoms with Crippen LogP contribution in [0.3, 0.4) is 0 Å². The molecule has 1 saturated heterocycles. The molecule has 1 aliphatic heterocycles. The highest BCUT2D eigenvalue weighted by molar-refractivity contribution is 6.30. The van der Waals surface area contributed by atoms with Gasteiger partial charge in [-0.1, -0.05) is 29.8 Å². The van der Waals surface area contributed by atoms with Crippen LogP contribution in [0.25, 0.3) is 0 Å². The van der Waals surface area contributed by atoms with Crippen molar-refractivity contribution in [3.63, 3.8) is 0 Å². The van der Waals surface area contributed by atoms with Crippen LogP contribution in [0.2, 0.25) is 5.02 Å². The summed E-state index contributed by atoms with van der Waals surface area (Å²) in [4.78, 5) is 38.6. The third-order valence-corrected chi connectivity index (χ3v) is 5.21. The van der Waals surface area contributed by atoms with Crippen molar-refractivity contribution in [2.45, 2.75) is 18.5 Å². The molecule has 0 saturated carbocycles. The maximum Gasteiger partial charge on any atom is 0.326 e. The molecule has 0 spiro atoms. The number of nitriles is 1. The molecule has 154 valence electrons. The van der Waals surface area contributed by atoms with E-state index in [0.717, 1.165) is 4.90 Å². The molecular formula is C21H18ClN3O5. The van der Waals surface area contributed by atoms with Crippen LogP contribution in [-0.2, 0) is 14.3 Å². The average molecular weight is 428 g/mol. The highest BCUT2D eigenvalue weighted by Crippen LogP contribution is 2.42. The van der Waals surface area contributed by atoms with Crippen LogP contribution in [0.1, 0.15) is 23.6 Å². The minimum Gasteiger partial charge on any atom is -0.480 e. The molecule has 3 unspecified atom stereocenters. The van der Waals surface area contributed by atoms with E-state index in [-0.39, 0.29) is 6.42 Å². The maximum atomic E-state index is 13.1. The van der Waals surface area contributed by atoms with Crippen molar-refractivity contribution in [3.05, 3.63) is 64.7 Å². The summed E-state index contributed by atoms with van der Waals surface area (Å²) in [6.45, 7) is 0. The van der Waals surface area contributed by atoms with Gasteiger partial charge >= 0.3 is 18.0 Å². The highest BCUT2D eigenvalue weighted by atomic mass is 35.5. The lowest BCUT2D eigenvalue weighted by molar-refractivity contribution is -0.146. The Hall–Kier alpha value is -3.57. The number of aliphatic carboxylic acids is 1. The molecule has 0 aliphatic carbocycles. The van der Waals surface area contributed by atoms with Crippen molar-refractivity contribution >= 4 is 35.3 Å². The number of carboxylic acids is 1. The Morgan fingerprint density at radius 3 is 2.50 bits per heavy atom. The smallest absolute Gasteiger partial charge is 0.326 e. The zero-order chi connectivity index (χ0) is 21.8. The zero-order valence-electron chi connectivity index (χ0n) is 15.9. The van der Waals surface area contributed by atoms with Gasteiger partial charge in [0.2, 0.25) is 0 Å². The van der Waals surface area contributed by atoms with E-state index in [1.54, 1.807) is 42.5 Å². The Bertz CT molecular complexity index is 1020. The number of nitrogens with zero attached hydrogens (tertiary/aromatic N) is 2. The molecule has 0 aromatic heterocycles. The Kier molecular flexibility index (Phi) is 6.23. The van der Waals surface area contributed by atoms with Crippen LogP contribution in [0.4, 0.5) is 10.5 Å². The molecule has 3 atom stereocenters. The van der Waals surface area contributed by atoms with E-state index in [2.05, 4.69) is 5.32 Å². The molecule has 0 radical (unpaired) electrons. The van der Waals surface area contributed by atoms with Gasteiger partial charge in [0.15, 0.2) is 0 Å². The molecule has 0 bridgehead atoms. The largest absolute Gasteiger partial charge is 0.480 e. The van der Waals surface area contributed by atoms with Crippen molar-refractivity contribution < 1.29 is 24.2 Å². The number of likely N-dealkylation sites (tertiary alicyclic amines) is 1. The third-order valence-electron chi connectivity index (χ3n) is 4.97. The molecule has 2 N–H and O–H groups in total. The highest BCUT2D eigenvalue weighted by Gasteiger charge is 2.51. The Labute approximate surface area is 177 Å². The van der Waals surface area contributed by atoms with Crippen molar-refractivity contribution in [2.24, 2.45) is 5.92 Å². The van der Waals surface area contributed by atoms with Crippen LogP contribution < -0.4 is 5.32 Å². The number of benzene rings is 2. The fourth-order valence-electron chi connectivity index (χ4n) is 3.64. The van der Waals surface area contributed by atoms with E-state index in [1.165, 1.54) is 13.2 Å². The molecule has 2 amide bonds. The van der Waals surface area contributed by atoms with Crippen LogP contribution in [0, 0.1) is 17.2 Å². The van der Waals surface area contributed by atoms with Gasteiger partial charge in [0.05, 0.1) is 30.7 Å². The summed E-state index contributed by atoms with van der Waals surface area (Å²) in [5.74, 6) is -2.73. The molecule has 9 heteroatoms. The van der Waals surface area contributed by atoms with Gasteiger partial charge in [-0.2, -0.15) is 5.26 Å². The second-order valence-corrected chi connectivity index (χ2v) is 7.18. The predicted molar refractivity (Wildman–Crippen MR) is 108 cm³/mol. The number of methoxy groups -OCH3 is 1. The molecule has 30 heavy (non-hydrogen) atoms. The van der Waals surface area contributed by atoms with Gasteiger partial charge in [-0.15, -0.1) is 0 Å². The number of hydrogen-bond acceptors (Lipinski definition) is 5. The number of anilines is 1. The molecule has 2 aromatic rings.